The number of rotatable bonds is 8. The quantitative estimate of drug-likeness (QED) is 0.339. The third-order valence-electron chi connectivity index (χ3n) is 5.30. The number of nitrogens with one attached hydrogen (secondary N) is 1. The molecule has 0 atom stereocenters. The summed E-state index contributed by atoms with van der Waals surface area (Å²) < 4.78 is 11.9. The Kier molecular flexibility index (Phi) is 6.84. The number of halogens is 1. The summed E-state index contributed by atoms with van der Waals surface area (Å²) in [7, 11) is 0. The van der Waals surface area contributed by atoms with Gasteiger partial charge < -0.3 is 14.8 Å². The summed E-state index contributed by atoms with van der Waals surface area (Å²) in [6, 6.07) is 17.2. The fraction of sp³-hybridized carbons (Fsp3) is 0.231. The number of carbonyl (C=O) groups is 2. The van der Waals surface area contributed by atoms with Crippen LogP contribution in [-0.2, 0) is 11.4 Å². The van der Waals surface area contributed by atoms with Gasteiger partial charge in [0, 0.05) is 6.54 Å². The van der Waals surface area contributed by atoms with Crippen LogP contribution in [0.25, 0.3) is 16.8 Å². The van der Waals surface area contributed by atoms with Crippen molar-refractivity contribution in [2.75, 3.05) is 13.2 Å². The fourth-order valence-corrected chi connectivity index (χ4v) is 4.08. The minimum atomic E-state index is -0.417. The fourth-order valence-electron chi connectivity index (χ4n) is 3.81. The van der Waals surface area contributed by atoms with Crippen LogP contribution in [0.15, 0.2) is 60.3 Å². The van der Waals surface area contributed by atoms with E-state index in [4.69, 9.17) is 21.1 Å². The molecule has 3 aromatic carbocycles. The zero-order valence-corrected chi connectivity index (χ0v) is 19.3. The van der Waals surface area contributed by atoms with Crippen LogP contribution < -0.4 is 14.8 Å². The minimum absolute atomic E-state index is 0.205. The number of carbonyl (C=O) groups excluding carboxylic acids is 2. The molecule has 6 nitrogen and oxygen atoms in total. The average molecular weight is 465 g/mol. The first-order valence-corrected chi connectivity index (χ1v) is 11.3. The van der Waals surface area contributed by atoms with Gasteiger partial charge in [0.25, 0.3) is 5.91 Å². The SMILES string of the molecule is CCCN1C(=O)N/C(=C/c2cc(Cl)c(OCc3cccc4ccccc34)c(OCC)c2)C1=O. The second kappa shape index (κ2) is 9.96. The second-order valence-corrected chi connectivity index (χ2v) is 8.04. The standard InChI is InChI=1S/C26H25ClN2O4/c1-3-12-29-25(30)22(28-26(29)31)14-17-13-21(27)24(23(15-17)32-4-2)33-16-19-10-7-9-18-8-5-6-11-20(18)19/h5-11,13-15H,3-4,12,16H2,1-2H3,(H,28,31)/b22-14+. The van der Waals surface area contributed by atoms with Gasteiger partial charge in [0.2, 0.25) is 0 Å². The van der Waals surface area contributed by atoms with Crippen molar-refractivity contribution in [2.24, 2.45) is 0 Å². The second-order valence-electron chi connectivity index (χ2n) is 7.63. The van der Waals surface area contributed by atoms with Crippen molar-refractivity contribution in [3.63, 3.8) is 0 Å². The highest BCUT2D eigenvalue weighted by Crippen LogP contribution is 2.38. The lowest BCUT2D eigenvalue weighted by Crippen LogP contribution is -2.31. The Hall–Kier alpha value is -3.51. The summed E-state index contributed by atoms with van der Waals surface area (Å²) in [4.78, 5) is 25.8. The lowest BCUT2D eigenvalue weighted by molar-refractivity contribution is -0.122. The number of benzene rings is 3. The van der Waals surface area contributed by atoms with Crippen LogP contribution in [0, 0.1) is 0 Å². The van der Waals surface area contributed by atoms with Crippen LogP contribution in [0.3, 0.4) is 0 Å². The van der Waals surface area contributed by atoms with Crippen molar-refractivity contribution in [3.8, 4) is 11.5 Å². The van der Waals surface area contributed by atoms with Crippen molar-refractivity contribution in [1.82, 2.24) is 10.2 Å². The molecule has 170 valence electrons. The van der Waals surface area contributed by atoms with E-state index in [0.29, 0.717) is 48.3 Å². The first-order chi connectivity index (χ1) is 16.0. The topological polar surface area (TPSA) is 67.9 Å². The largest absolute Gasteiger partial charge is 0.490 e. The summed E-state index contributed by atoms with van der Waals surface area (Å²) in [6.07, 6.45) is 2.29. The van der Waals surface area contributed by atoms with Crippen LogP contribution in [0.5, 0.6) is 11.5 Å². The Labute approximate surface area is 197 Å². The highest BCUT2D eigenvalue weighted by Gasteiger charge is 2.32. The Morgan fingerprint density at radius 2 is 1.82 bits per heavy atom. The van der Waals surface area contributed by atoms with Gasteiger partial charge in [0.15, 0.2) is 11.5 Å². The van der Waals surface area contributed by atoms with E-state index in [1.165, 1.54) is 4.90 Å². The average Bonchev–Trinajstić information content (AvgIpc) is 3.06. The maximum Gasteiger partial charge on any atom is 0.329 e. The number of ether oxygens (including phenoxy) is 2. The van der Waals surface area contributed by atoms with Gasteiger partial charge >= 0.3 is 6.03 Å². The van der Waals surface area contributed by atoms with Gasteiger partial charge in [0.05, 0.1) is 11.6 Å². The maximum absolute atomic E-state index is 12.5. The van der Waals surface area contributed by atoms with E-state index < -0.39 is 6.03 Å². The molecule has 3 aromatic rings. The molecule has 4 rings (SSSR count). The molecule has 0 radical (unpaired) electrons. The van der Waals surface area contributed by atoms with Gasteiger partial charge in [-0.1, -0.05) is 61.0 Å². The molecule has 0 aliphatic carbocycles. The van der Waals surface area contributed by atoms with Gasteiger partial charge in [-0.2, -0.15) is 0 Å². The van der Waals surface area contributed by atoms with Gasteiger partial charge in [-0.05, 0) is 53.5 Å². The molecule has 0 unspecified atom stereocenters. The zero-order valence-electron chi connectivity index (χ0n) is 18.6. The smallest absolute Gasteiger partial charge is 0.329 e. The first kappa shape index (κ1) is 22.7. The molecule has 1 heterocycles. The highest BCUT2D eigenvalue weighted by atomic mass is 35.5. The van der Waals surface area contributed by atoms with E-state index in [9.17, 15) is 9.59 Å². The Morgan fingerprint density at radius 3 is 2.61 bits per heavy atom. The van der Waals surface area contributed by atoms with E-state index in [2.05, 4.69) is 23.5 Å². The van der Waals surface area contributed by atoms with E-state index in [-0.39, 0.29) is 11.6 Å². The van der Waals surface area contributed by atoms with Gasteiger partial charge in [-0.3, -0.25) is 9.69 Å². The minimum Gasteiger partial charge on any atom is -0.490 e. The van der Waals surface area contributed by atoms with Gasteiger partial charge in [0.1, 0.15) is 12.3 Å². The van der Waals surface area contributed by atoms with Gasteiger partial charge in [-0.15, -0.1) is 0 Å². The summed E-state index contributed by atoms with van der Waals surface area (Å²) in [5, 5.41) is 5.23. The first-order valence-electron chi connectivity index (χ1n) is 10.9. The molecule has 0 saturated carbocycles. The molecule has 1 saturated heterocycles. The molecule has 33 heavy (non-hydrogen) atoms. The van der Waals surface area contributed by atoms with E-state index in [0.717, 1.165) is 16.3 Å². The Balaban J connectivity index is 1.61. The Bertz CT molecular complexity index is 1230. The van der Waals surface area contributed by atoms with Crippen molar-refractivity contribution in [1.29, 1.82) is 0 Å². The summed E-state index contributed by atoms with van der Waals surface area (Å²) in [5.74, 6) is 0.550. The number of imide groups is 1. The molecule has 7 heteroatoms. The summed E-state index contributed by atoms with van der Waals surface area (Å²) >= 11 is 6.57. The number of amides is 3. The Morgan fingerprint density at radius 1 is 1.03 bits per heavy atom. The molecule has 1 N–H and O–H groups in total. The molecule has 1 aliphatic rings. The van der Waals surface area contributed by atoms with Gasteiger partial charge in [-0.25, -0.2) is 4.79 Å². The third-order valence-corrected chi connectivity index (χ3v) is 5.58. The van der Waals surface area contributed by atoms with E-state index in [1.54, 1.807) is 18.2 Å². The molecule has 1 fully saturated rings. The maximum atomic E-state index is 12.5. The molecule has 0 aromatic heterocycles. The van der Waals surface area contributed by atoms with Crippen LogP contribution in [0.4, 0.5) is 4.79 Å². The van der Waals surface area contributed by atoms with Crippen molar-refractivity contribution in [3.05, 3.63) is 76.4 Å². The number of fused-ring (bicyclic) bond motifs is 1. The van der Waals surface area contributed by atoms with Crippen LogP contribution >= 0.6 is 11.6 Å². The van der Waals surface area contributed by atoms with Crippen LogP contribution in [0.1, 0.15) is 31.4 Å². The zero-order chi connectivity index (χ0) is 23.4. The molecule has 1 aliphatic heterocycles. The number of hydrogen-bond acceptors (Lipinski definition) is 4. The monoisotopic (exact) mass is 464 g/mol. The van der Waals surface area contributed by atoms with Crippen molar-refractivity contribution < 1.29 is 19.1 Å². The van der Waals surface area contributed by atoms with Crippen LogP contribution in [0.2, 0.25) is 5.02 Å². The van der Waals surface area contributed by atoms with Crippen molar-refractivity contribution in [2.45, 2.75) is 26.9 Å². The predicted octanol–water partition coefficient (Wildman–Crippen LogP) is 5.77. The van der Waals surface area contributed by atoms with E-state index >= 15 is 0 Å². The summed E-state index contributed by atoms with van der Waals surface area (Å²) in [5.41, 5.74) is 1.87. The highest BCUT2D eigenvalue weighted by molar-refractivity contribution is 6.32. The van der Waals surface area contributed by atoms with Crippen molar-refractivity contribution >= 4 is 40.4 Å². The number of urea groups is 1. The third kappa shape index (κ3) is 4.81. The number of nitrogens with zero attached hydrogens (tertiary/aromatic N) is 1. The lowest BCUT2D eigenvalue weighted by Gasteiger charge is -2.15. The number of hydrogen-bond donors (Lipinski definition) is 1. The lowest BCUT2D eigenvalue weighted by atomic mass is 10.1. The predicted molar refractivity (Wildman–Crippen MR) is 129 cm³/mol. The molecule has 0 spiro atoms. The molecule has 0 bridgehead atoms. The van der Waals surface area contributed by atoms with Crippen LogP contribution in [-0.4, -0.2) is 30.0 Å². The normalized spacial score (nSPS) is 14.8. The molecular weight excluding hydrogens is 440 g/mol. The summed E-state index contributed by atoms with van der Waals surface area (Å²) in [6.45, 7) is 4.89. The molecular formula is C26H25ClN2O4. The molecule has 3 amide bonds. The van der Waals surface area contributed by atoms with E-state index in [1.807, 2.05) is 38.1 Å².